The number of nitrogens with zero attached hydrogens (tertiary/aromatic N) is 1. The molecule has 172 valence electrons. The molecule has 0 aromatic heterocycles. The number of halogens is 1. The summed E-state index contributed by atoms with van der Waals surface area (Å²) in [4.78, 5) is 14.0. The predicted molar refractivity (Wildman–Crippen MR) is 133 cm³/mol. The molecule has 4 rings (SSSR count). The Morgan fingerprint density at radius 3 is 2.15 bits per heavy atom. The van der Waals surface area contributed by atoms with Crippen molar-refractivity contribution in [3.63, 3.8) is 0 Å². The number of carbonyl (C=O) groups excluding carboxylic acids is 1. The first-order chi connectivity index (χ1) is 16.0. The fourth-order valence-corrected chi connectivity index (χ4v) is 6.33. The number of primary amides is 1. The summed E-state index contributed by atoms with van der Waals surface area (Å²) in [6, 6.07) is 27.0. The van der Waals surface area contributed by atoms with Gasteiger partial charge in [-0.3, -0.25) is 4.79 Å². The number of hydrogen-bond acceptors (Lipinski definition) is 2. The molecule has 1 aliphatic heterocycles. The average Bonchev–Trinajstić information content (AvgIpc) is 3.22. The van der Waals surface area contributed by atoms with Crippen molar-refractivity contribution in [1.82, 2.24) is 0 Å². The van der Waals surface area contributed by atoms with Crippen LogP contribution >= 0.6 is 11.8 Å². The molecule has 3 aromatic rings. The van der Waals surface area contributed by atoms with Gasteiger partial charge in [0.15, 0.2) is 0 Å². The van der Waals surface area contributed by atoms with E-state index in [0.717, 1.165) is 53.8 Å². The number of carbonyl (C=O) groups is 1. The third kappa shape index (κ3) is 4.85. The maximum Gasteiger partial charge on any atom is 0.233 e. The highest BCUT2D eigenvalue weighted by Crippen LogP contribution is 2.45. The fraction of sp³-hybridized carbons (Fsp3) is 0.321. The Morgan fingerprint density at radius 1 is 1.00 bits per heavy atom. The topological polar surface area (TPSA) is 43.1 Å². The lowest BCUT2D eigenvalue weighted by Crippen LogP contribution is -2.51. The zero-order valence-electron chi connectivity index (χ0n) is 19.1. The molecule has 3 nitrogen and oxygen atoms in total. The zero-order chi connectivity index (χ0) is 23.3. The molecule has 2 atom stereocenters. The van der Waals surface area contributed by atoms with E-state index in [-0.39, 0.29) is 17.6 Å². The molecule has 2 unspecified atom stereocenters. The Labute approximate surface area is 200 Å². The van der Waals surface area contributed by atoms with Crippen LogP contribution in [-0.2, 0) is 10.2 Å². The van der Waals surface area contributed by atoms with Crippen LogP contribution in [0, 0.1) is 11.7 Å². The lowest BCUT2D eigenvalue weighted by Gasteiger charge is -2.38. The average molecular weight is 464 g/mol. The molecule has 0 spiro atoms. The van der Waals surface area contributed by atoms with Crippen LogP contribution in [0.1, 0.15) is 24.0 Å². The highest BCUT2D eigenvalue weighted by atomic mass is 32.2. The number of benzene rings is 3. The van der Waals surface area contributed by atoms with Gasteiger partial charge in [0, 0.05) is 29.4 Å². The van der Waals surface area contributed by atoms with Gasteiger partial charge in [-0.15, -0.1) is 11.8 Å². The molecule has 5 heteroatoms. The number of quaternary nitrogens is 1. The summed E-state index contributed by atoms with van der Waals surface area (Å²) in [5.74, 6) is 0.552. The molecule has 3 aromatic carbocycles. The summed E-state index contributed by atoms with van der Waals surface area (Å²) in [6.45, 7) is 2.89. The van der Waals surface area contributed by atoms with Crippen molar-refractivity contribution in [1.29, 1.82) is 0 Å². The van der Waals surface area contributed by atoms with Crippen LogP contribution in [0.2, 0.25) is 0 Å². The number of likely N-dealkylation sites (tertiary alicyclic amines) is 1. The maximum absolute atomic E-state index is 13.9. The standard InChI is InChI=1S/C28H31FN2OS/c1-31(18-10-20-33-26-16-9-8-15-25(26)29)19-17-24(21-31)28(27(30)32,22-11-4-2-5-12-22)23-13-6-3-7-14-23/h2-9,11-16,24H,10,17-21H2,1H3,(H-,30,32)/p+1. The van der Waals surface area contributed by atoms with Crippen LogP contribution < -0.4 is 5.73 Å². The number of nitrogens with two attached hydrogens (primary N) is 1. The van der Waals surface area contributed by atoms with Gasteiger partial charge in [0.1, 0.15) is 11.2 Å². The third-order valence-corrected chi connectivity index (χ3v) is 8.21. The monoisotopic (exact) mass is 463 g/mol. The number of hydrogen-bond donors (Lipinski definition) is 1. The first-order valence-corrected chi connectivity index (χ1v) is 12.6. The number of rotatable bonds is 9. The quantitative estimate of drug-likeness (QED) is 0.268. The van der Waals surface area contributed by atoms with E-state index in [1.807, 2.05) is 72.8 Å². The van der Waals surface area contributed by atoms with Crippen LogP contribution in [0.15, 0.2) is 89.8 Å². The van der Waals surface area contributed by atoms with Crippen LogP contribution in [0.25, 0.3) is 0 Å². The minimum absolute atomic E-state index is 0.115. The largest absolute Gasteiger partial charge is 0.369 e. The summed E-state index contributed by atoms with van der Waals surface area (Å²) >= 11 is 1.57. The van der Waals surface area contributed by atoms with E-state index in [1.165, 1.54) is 6.07 Å². The van der Waals surface area contributed by atoms with E-state index >= 15 is 0 Å². The van der Waals surface area contributed by atoms with Crippen molar-refractivity contribution < 1.29 is 13.7 Å². The molecule has 33 heavy (non-hydrogen) atoms. The van der Waals surface area contributed by atoms with Gasteiger partial charge < -0.3 is 10.2 Å². The van der Waals surface area contributed by atoms with Gasteiger partial charge in [-0.2, -0.15) is 0 Å². The third-order valence-electron chi connectivity index (χ3n) is 7.07. The molecule has 1 saturated heterocycles. The normalized spacial score (nSPS) is 20.6. The Balaban J connectivity index is 1.53. The summed E-state index contributed by atoms with van der Waals surface area (Å²) in [5.41, 5.74) is 7.31. The van der Waals surface area contributed by atoms with Crippen LogP contribution in [0.3, 0.4) is 0 Å². The lowest BCUT2D eigenvalue weighted by molar-refractivity contribution is -0.899. The summed E-state index contributed by atoms with van der Waals surface area (Å²) in [7, 11) is 2.27. The second-order valence-electron chi connectivity index (χ2n) is 9.27. The van der Waals surface area contributed by atoms with Crippen molar-refractivity contribution in [2.24, 2.45) is 11.7 Å². The van der Waals surface area contributed by atoms with Crippen molar-refractivity contribution in [3.8, 4) is 0 Å². The highest BCUT2D eigenvalue weighted by Gasteiger charge is 2.53. The molecule has 1 heterocycles. The maximum atomic E-state index is 13.9. The van der Waals surface area contributed by atoms with Gasteiger partial charge in [-0.05, 0) is 23.3 Å². The molecule has 1 fully saturated rings. The Kier molecular flexibility index (Phi) is 7.20. The molecular weight excluding hydrogens is 431 g/mol. The van der Waals surface area contributed by atoms with Gasteiger partial charge in [-0.25, -0.2) is 4.39 Å². The Morgan fingerprint density at radius 2 is 1.58 bits per heavy atom. The molecule has 0 saturated carbocycles. The minimum atomic E-state index is -0.847. The highest BCUT2D eigenvalue weighted by molar-refractivity contribution is 7.99. The molecule has 1 aliphatic rings. The Bertz CT molecular complexity index is 1040. The molecule has 0 bridgehead atoms. The summed E-state index contributed by atoms with van der Waals surface area (Å²) < 4.78 is 14.8. The zero-order valence-corrected chi connectivity index (χ0v) is 19.9. The second kappa shape index (κ2) is 10.1. The molecular formula is C28H32FN2OS+. The molecule has 0 aliphatic carbocycles. The number of amides is 1. The number of thioether (sulfide) groups is 1. The van der Waals surface area contributed by atoms with Crippen molar-refractivity contribution in [2.45, 2.75) is 23.2 Å². The minimum Gasteiger partial charge on any atom is -0.369 e. The first kappa shape index (κ1) is 23.5. The van der Waals surface area contributed by atoms with Crippen LogP contribution in [0.4, 0.5) is 4.39 Å². The predicted octanol–water partition coefficient (Wildman–Crippen LogP) is 5.25. The lowest BCUT2D eigenvalue weighted by atomic mass is 9.64. The summed E-state index contributed by atoms with van der Waals surface area (Å²) in [6.07, 6.45) is 1.92. The van der Waals surface area contributed by atoms with Crippen molar-refractivity contribution in [2.75, 3.05) is 32.4 Å². The van der Waals surface area contributed by atoms with Gasteiger partial charge in [0.2, 0.25) is 5.91 Å². The SMILES string of the molecule is C[N+]1(CCCSc2ccccc2F)CCC(C(C(N)=O)(c2ccccc2)c2ccccc2)C1. The van der Waals surface area contributed by atoms with E-state index in [9.17, 15) is 9.18 Å². The van der Waals surface area contributed by atoms with Crippen molar-refractivity contribution in [3.05, 3.63) is 102 Å². The van der Waals surface area contributed by atoms with E-state index in [1.54, 1.807) is 17.8 Å². The molecule has 2 N–H and O–H groups in total. The van der Waals surface area contributed by atoms with Crippen molar-refractivity contribution >= 4 is 17.7 Å². The van der Waals surface area contributed by atoms with Gasteiger partial charge in [-0.1, -0.05) is 72.8 Å². The van der Waals surface area contributed by atoms with Crippen LogP contribution in [-0.4, -0.2) is 42.8 Å². The van der Waals surface area contributed by atoms with Gasteiger partial charge in [0.25, 0.3) is 0 Å². The van der Waals surface area contributed by atoms with Crippen LogP contribution in [0.5, 0.6) is 0 Å². The van der Waals surface area contributed by atoms with Gasteiger partial charge in [0.05, 0.1) is 26.7 Å². The van der Waals surface area contributed by atoms with E-state index < -0.39 is 5.41 Å². The van der Waals surface area contributed by atoms with E-state index in [0.29, 0.717) is 4.90 Å². The molecule has 1 amide bonds. The fourth-order valence-electron chi connectivity index (χ4n) is 5.45. The van der Waals surface area contributed by atoms with E-state index in [2.05, 4.69) is 7.05 Å². The van der Waals surface area contributed by atoms with E-state index in [4.69, 9.17) is 5.73 Å². The smallest absolute Gasteiger partial charge is 0.233 e. The second-order valence-corrected chi connectivity index (χ2v) is 10.4. The summed E-state index contributed by atoms with van der Waals surface area (Å²) in [5, 5.41) is 0. The van der Waals surface area contributed by atoms with Gasteiger partial charge >= 0.3 is 0 Å². The first-order valence-electron chi connectivity index (χ1n) is 11.6. The Hall–Kier alpha value is -2.63. The molecule has 0 radical (unpaired) electrons.